The third kappa shape index (κ3) is 4.27. The SMILES string of the molecule is Cc1cc(-c2ccc(-c3ccccc3)cc2)cc(-c2ccc(-c3cccc4ccccc34)cc2)c1. The van der Waals surface area contributed by atoms with E-state index in [1.54, 1.807) is 0 Å². The molecule has 0 spiro atoms. The van der Waals surface area contributed by atoms with Crippen LogP contribution >= 0.6 is 0 Å². The van der Waals surface area contributed by atoms with Gasteiger partial charge < -0.3 is 0 Å². The average molecular weight is 447 g/mol. The summed E-state index contributed by atoms with van der Waals surface area (Å²) in [6.07, 6.45) is 0. The van der Waals surface area contributed by atoms with E-state index in [0.717, 1.165) is 0 Å². The third-order valence-corrected chi connectivity index (χ3v) is 6.72. The van der Waals surface area contributed by atoms with Gasteiger partial charge in [0.05, 0.1) is 0 Å². The summed E-state index contributed by atoms with van der Waals surface area (Å²) in [6, 6.07) is 50.3. The second-order valence-corrected chi connectivity index (χ2v) is 9.14. The van der Waals surface area contributed by atoms with Crippen LogP contribution in [-0.2, 0) is 0 Å². The van der Waals surface area contributed by atoms with E-state index in [2.05, 4.69) is 146 Å². The lowest BCUT2D eigenvalue weighted by Crippen LogP contribution is -1.86. The maximum atomic E-state index is 2.30. The summed E-state index contributed by atoms with van der Waals surface area (Å²) in [5.41, 5.74) is 11.2. The highest BCUT2D eigenvalue weighted by molar-refractivity contribution is 5.96. The van der Waals surface area contributed by atoms with Gasteiger partial charge in [-0.1, -0.05) is 133 Å². The smallest absolute Gasteiger partial charge is 0.0105 e. The summed E-state index contributed by atoms with van der Waals surface area (Å²) < 4.78 is 0. The van der Waals surface area contributed by atoms with Crippen LogP contribution in [0.4, 0.5) is 0 Å². The van der Waals surface area contributed by atoms with Crippen LogP contribution in [0.2, 0.25) is 0 Å². The molecule has 0 fully saturated rings. The van der Waals surface area contributed by atoms with Crippen LogP contribution in [0.25, 0.3) is 55.3 Å². The van der Waals surface area contributed by atoms with Crippen LogP contribution in [0.5, 0.6) is 0 Å². The van der Waals surface area contributed by atoms with E-state index >= 15 is 0 Å². The van der Waals surface area contributed by atoms with Gasteiger partial charge in [-0.2, -0.15) is 0 Å². The summed E-state index contributed by atoms with van der Waals surface area (Å²) in [7, 11) is 0. The minimum Gasteiger partial charge on any atom is -0.0622 e. The van der Waals surface area contributed by atoms with E-state index in [1.807, 2.05) is 0 Å². The summed E-state index contributed by atoms with van der Waals surface area (Å²) in [4.78, 5) is 0. The Kier molecular flexibility index (Phi) is 5.48. The average Bonchev–Trinajstić information content (AvgIpc) is 2.93. The van der Waals surface area contributed by atoms with E-state index in [1.165, 1.54) is 60.8 Å². The molecular formula is C35H26. The van der Waals surface area contributed by atoms with E-state index in [4.69, 9.17) is 0 Å². The molecule has 0 heterocycles. The summed E-state index contributed by atoms with van der Waals surface area (Å²) >= 11 is 0. The minimum atomic E-state index is 1.24. The van der Waals surface area contributed by atoms with Gasteiger partial charge in [0.15, 0.2) is 0 Å². The first kappa shape index (κ1) is 21.1. The van der Waals surface area contributed by atoms with Gasteiger partial charge in [0.1, 0.15) is 0 Å². The first-order chi connectivity index (χ1) is 17.2. The Hall–Kier alpha value is -4.42. The highest BCUT2D eigenvalue weighted by Gasteiger charge is 2.07. The van der Waals surface area contributed by atoms with Gasteiger partial charge in [-0.05, 0) is 73.8 Å². The second kappa shape index (κ2) is 9.08. The minimum absolute atomic E-state index is 1.24. The molecule has 6 aromatic carbocycles. The standard InChI is InChI=1S/C35H26/c1-25-22-32(28-16-14-27(15-17-28)26-8-3-2-4-9-26)24-33(23-25)29-18-20-31(21-19-29)35-13-7-11-30-10-5-6-12-34(30)35/h2-24H,1H3. The molecular weight excluding hydrogens is 420 g/mol. The monoisotopic (exact) mass is 446 g/mol. The molecule has 0 saturated carbocycles. The molecule has 0 unspecified atom stereocenters. The van der Waals surface area contributed by atoms with Crippen molar-refractivity contribution in [2.45, 2.75) is 6.92 Å². The van der Waals surface area contributed by atoms with E-state index in [9.17, 15) is 0 Å². The molecule has 6 aromatic rings. The zero-order chi connectivity index (χ0) is 23.6. The molecule has 0 aliphatic rings. The fourth-order valence-electron chi connectivity index (χ4n) is 4.92. The molecule has 0 heteroatoms. The molecule has 0 amide bonds. The van der Waals surface area contributed by atoms with Crippen molar-refractivity contribution in [3.63, 3.8) is 0 Å². The zero-order valence-corrected chi connectivity index (χ0v) is 19.8. The first-order valence-corrected chi connectivity index (χ1v) is 12.1. The van der Waals surface area contributed by atoms with Crippen molar-refractivity contribution < 1.29 is 0 Å². The third-order valence-electron chi connectivity index (χ3n) is 6.72. The van der Waals surface area contributed by atoms with Crippen molar-refractivity contribution in [1.29, 1.82) is 0 Å². The molecule has 6 rings (SSSR count). The molecule has 0 nitrogen and oxygen atoms in total. The molecule has 0 aliphatic carbocycles. The quantitative estimate of drug-likeness (QED) is 0.253. The highest BCUT2D eigenvalue weighted by Crippen LogP contribution is 2.33. The Labute approximate surface area is 207 Å². The lowest BCUT2D eigenvalue weighted by molar-refractivity contribution is 1.46. The van der Waals surface area contributed by atoms with Gasteiger partial charge in [0.2, 0.25) is 0 Å². The Morgan fingerprint density at radius 1 is 0.343 bits per heavy atom. The number of hydrogen-bond acceptors (Lipinski definition) is 0. The Morgan fingerprint density at radius 2 is 0.829 bits per heavy atom. The molecule has 0 aromatic heterocycles. The van der Waals surface area contributed by atoms with Gasteiger partial charge in [-0.15, -0.1) is 0 Å². The van der Waals surface area contributed by atoms with Gasteiger partial charge in [-0.3, -0.25) is 0 Å². The Morgan fingerprint density at radius 3 is 1.49 bits per heavy atom. The van der Waals surface area contributed by atoms with Crippen molar-refractivity contribution in [3.8, 4) is 44.5 Å². The van der Waals surface area contributed by atoms with Gasteiger partial charge in [0, 0.05) is 0 Å². The maximum Gasteiger partial charge on any atom is -0.0105 e. The van der Waals surface area contributed by atoms with Gasteiger partial charge in [0.25, 0.3) is 0 Å². The number of benzene rings is 6. The zero-order valence-electron chi connectivity index (χ0n) is 19.8. The number of fused-ring (bicyclic) bond motifs is 1. The number of rotatable bonds is 4. The molecule has 0 bridgehead atoms. The van der Waals surface area contributed by atoms with Crippen LogP contribution in [0.3, 0.4) is 0 Å². The van der Waals surface area contributed by atoms with Crippen molar-refractivity contribution in [2.24, 2.45) is 0 Å². The van der Waals surface area contributed by atoms with Crippen LogP contribution in [0.15, 0.2) is 140 Å². The molecule has 0 atom stereocenters. The van der Waals surface area contributed by atoms with E-state index < -0.39 is 0 Å². The summed E-state index contributed by atoms with van der Waals surface area (Å²) in [6.45, 7) is 2.18. The van der Waals surface area contributed by atoms with Crippen LogP contribution in [-0.4, -0.2) is 0 Å². The molecule has 0 radical (unpaired) electrons. The highest BCUT2D eigenvalue weighted by atomic mass is 14.1. The second-order valence-electron chi connectivity index (χ2n) is 9.14. The molecule has 0 saturated heterocycles. The van der Waals surface area contributed by atoms with E-state index in [0.29, 0.717) is 0 Å². The Bertz CT molecular complexity index is 1600. The maximum absolute atomic E-state index is 2.30. The van der Waals surface area contributed by atoms with Crippen molar-refractivity contribution in [3.05, 3.63) is 145 Å². The summed E-state index contributed by atoms with van der Waals surface area (Å²) in [5.74, 6) is 0. The van der Waals surface area contributed by atoms with Crippen molar-refractivity contribution in [1.82, 2.24) is 0 Å². The largest absolute Gasteiger partial charge is 0.0622 e. The fourth-order valence-corrected chi connectivity index (χ4v) is 4.92. The van der Waals surface area contributed by atoms with Crippen LogP contribution in [0.1, 0.15) is 5.56 Å². The fraction of sp³-hybridized carbons (Fsp3) is 0.0286. The molecule has 35 heavy (non-hydrogen) atoms. The predicted molar refractivity (Wildman–Crippen MR) is 150 cm³/mol. The number of aryl methyl sites for hydroxylation is 1. The molecule has 0 aliphatic heterocycles. The van der Waals surface area contributed by atoms with E-state index in [-0.39, 0.29) is 0 Å². The Balaban J connectivity index is 1.33. The lowest BCUT2D eigenvalue weighted by atomic mass is 9.93. The normalized spacial score (nSPS) is 11.0. The first-order valence-electron chi connectivity index (χ1n) is 12.1. The van der Waals surface area contributed by atoms with Crippen molar-refractivity contribution >= 4 is 10.8 Å². The predicted octanol–water partition coefficient (Wildman–Crippen LogP) is 9.82. The summed E-state index contributed by atoms with van der Waals surface area (Å²) in [5, 5.41) is 2.57. The van der Waals surface area contributed by atoms with Crippen LogP contribution < -0.4 is 0 Å². The molecule has 166 valence electrons. The topological polar surface area (TPSA) is 0 Å². The van der Waals surface area contributed by atoms with Crippen molar-refractivity contribution in [2.75, 3.05) is 0 Å². The lowest BCUT2D eigenvalue weighted by Gasteiger charge is -2.11. The molecule has 0 N–H and O–H groups in total. The van der Waals surface area contributed by atoms with Crippen LogP contribution in [0, 0.1) is 6.92 Å². The van der Waals surface area contributed by atoms with Gasteiger partial charge >= 0.3 is 0 Å². The number of hydrogen-bond donors (Lipinski definition) is 0. The van der Waals surface area contributed by atoms with Gasteiger partial charge in [-0.25, -0.2) is 0 Å².